The molecule has 0 aromatic heterocycles. The van der Waals surface area contributed by atoms with Crippen LogP contribution in [0, 0.1) is 5.82 Å². The van der Waals surface area contributed by atoms with Gasteiger partial charge in [0, 0.05) is 47.7 Å². The van der Waals surface area contributed by atoms with Crippen LogP contribution in [0.15, 0.2) is 47.4 Å². The monoisotopic (exact) mass is 776 g/mol. The molecule has 1 saturated heterocycles. The highest BCUT2D eigenvalue weighted by Gasteiger charge is 2.57. The fourth-order valence-corrected chi connectivity index (χ4v) is 9.40. The second-order valence-corrected chi connectivity index (χ2v) is 22.3. The van der Waals surface area contributed by atoms with Gasteiger partial charge in [-0.1, -0.05) is 98.4 Å². The fraction of sp³-hybridized carbons (Fsp3) is 0.721. The van der Waals surface area contributed by atoms with Crippen LogP contribution in [-0.4, -0.2) is 76.1 Å². The van der Waals surface area contributed by atoms with Gasteiger partial charge in [-0.3, -0.25) is 0 Å². The molecule has 2 heterocycles. The second kappa shape index (κ2) is 20.7. The quantitative estimate of drug-likeness (QED) is 0.0936. The minimum atomic E-state index is -2.39. The van der Waals surface area contributed by atoms with E-state index < -0.39 is 44.6 Å². The summed E-state index contributed by atoms with van der Waals surface area (Å²) in [5.74, 6) is -2.35. The van der Waals surface area contributed by atoms with E-state index in [-0.39, 0.29) is 22.7 Å². The molecule has 300 valence electrons. The van der Waals surface area contributed by atoms with Crippen LogP contribution in [0.2, 0.25) is 18.1 Å². The predicted molar refractivity (Wildman–Crippen MR) is 216 cm³/mol. The third kappa shape index (κ3) is 11.4. The van der Waals surface area contributed by atoms with Gasteiger partial charge >= 0.3 is 0 Å². The predicted octanol–water partition coefficient (Wildman–Crippen LogP) is 10.5. The summed E-state index contributed by atoms with van der Waals surface area (Å²) < 4.78 is 56.5. The Morgan fingerprint density at radius 3 is 2.09 bits per heavy atom. The highest BCUT2D eigenvalue weighted by Crippen LogP contribution is 2.49. The Morgan fingerprint density at radius 2 is 1.47 bits per heavy atom. The van der Waals surface area contributed by atoms with Gasteiger partial charge in [-0.05, 0) is 74.0 Å². The largest absolute Gasteiger partial charge is 0.409 e. The maximum atomic E-state index is 16.5. The lowest BCUT2D eigenvalue weighted by Crippen LogP contribution is -2.66. The fourth-order valence-electron chi connectivity index (χ4n) is 6.65. The van der Waals surface area contributed by atoms with Crippen molar-refractivity contribution in [3.8, 4) is 0 Å². The van der Waals surface area contributed by atoms with E-state index in [2.05, 4.69) is 79.8 Å². The number of hydrogen-bond donors (Lipinski definition) is 1. The second-order valence-electron chi connectivity index (χ2n) is 16.3. The number of ether oxygens (including phenoxy) is 5. The van der Waals surface area contributed by atoms with Crippen LogP contribution in [0.5, 0.6) is 0 Å². The lowest BCUT2D eigenvalue weighted by atomic mass is 9.86. The number of benzene rings is 2. The molecule has 7 nitrogen and oxygen atoms in total. The minimum Gasteiger partial charge on any atom is -0.409 e. The van der Waals surface area contributed by atoms with Gasteiger partial charge in [-0.2, -0.15) is 0 Å². The maximum absolute atomic E-state index is 16.5. The van der Waals surface area contributed by atoms with Crippen molar-refractivity contribution in [1.29, 1.82) is 0 Å². The van der Waals surface area contributed by atoms with Crippen molar-refractivity contribution in [1.82, 2.24) is 0 Å². The molecule has 0 amide bonds. The summed E-state index contributed by atoms with van der Waals surface area (Å²) >= 11 is 1.75. The normalized spacial score (nSPS) is 25.5. The molecule has 2 aliphatic rings. The SMILES string of the molecule is CCCCOCC1OC(O)(c2ccc(F)c(C(O[Si](C)(C)C(C)(C)C)C3Cc4ccccc4S3)c2)C(OCCCC)C(OCCCC)C1OCCCC. The summed E-state index contributed by atoms with van der Waals surface area (Å²) in [7, 11) is -2.39. The van der Waals surface area contributed by atoms with Crippen molar-refractivity contribution in [3.63, 3.8) is 0 Å². The summed E-state index contributed by atoms with van der Waals surface area (Å²) in [4.78, 5) is 1.20. The smallest absolute Gasteiger partial charge is 0.222 e. The van der Waals surface area contributed by atoms with Gasteiger partial charge < -0.3 is 33.2 Å². The Hall–Kier alpha value is -1.34. The van der Waals surface area contributed by atoms with Crippen LogP contribution < -0.4 is 0 Å². The third-order valence-electron chi connectivity index (χ3n) is 11.0. The Morgan fingerprint density at radius 1 is 0.868 bits per heavy atom. The van der Waals surface area contributed by atoms with E-state index in [0.717, 1.165) is 57.8 Å². The summed E-state index contributed by atoms with van der Waals surface area (Å²) in [5.41, 5.74) is 2.07. The topological polar surface area (TPSA) is 75.6 Å². The maximum Gasteiger partial charge on any atom is 0.222 e. The first-order chi connectivity index (χ1) is 25.3. The molecule has 4 rings (SSSR count). The molecule has 7 unspecified atom stereocenters. The van der Waals surface area contributed by atoms with E-state index in [4.69, 9.17) is 28.1 Å². The molecule has 0 aliphatic carbocycles. The van der Waals surface area contributed by atoms with Crippen LogP contribution >= 0.6 is 11.8 Å². The van der Waals surface area contributed by atoms with E-state index in [0.29, 0.717) is 37.6 Å². The number of unbranched alkanes of at least 4 members (excludes halogenated alkanes) is 4. The van der Waals surface area contributed by atoms with Crippen LogP contribution in [0.1, 0.15) is 123 Å². The molecule has 10 heteroatoms. The third-order valence-corrected chi connectivity index (χ3v) is 16.8. The molecule has 1 fully saturated rings. The molecule has 0 bridgehead atoms. The van der Waals surface area contributed by atoms with Crippen molar-refractivity contribution in [3.05, 3.63) is 65.0 Å². The van der Waals surface area contributed by atoms with E-state index in [1.807, 2.05) is 6.07 Å². The van der Waals surface area contributed by atoms with E-state index in [1.54, 1.807) is 23.9 Å². The molecule has 53 heavy (non-hydrogen) atoms. The molecule has 0 radical (unpaired) electrons. The van der Waals surface area contributed by atoms with Crippen molar-refractivity contribution in [2.75, 3.05) is 33.0 Å². The molecule has 0 saturated carbocycles. The molecule has 1 N–H and O–H groups in total. The first-order valence-corrected chi connectivity index (χ1v) is 24.1. The average molecular weight is 777 g/mol. The standard InChI is InChI=1S/C43H69FO7SSi/c1-10-14-24-46-30-35-39(47-25-15-11-2)40(48-26-16-12-3)41(49-27-17-13-4)43(45,50-35)32-22-23-34(44)33(29-32)38(51-53(8,9)42(5,6)7)37-28-31-20-18-19-21-36(31)52-37/h18-23,29,35,37-41,45H,10-17,24-28,30H2,1-9H3. The summed E-state index contributed by atoms with van der Waals surface area (Å²) in [6, 6.07) is 13.2. The number of thioether (sulfide) groups is 1. The number of halogens is 1. The Labute approximate surface area is 325 Å². The highest BCUT2D eigenvalue weighted by molar-refractivity contribution is 8.00. The average Bonchev–Trinajstić information content (AvgIpc) is 3.55. The molecule has 7 atom stereocenters. The lowest BCUT2D eigenvalue weighted by Gasteiger charge is -2.50. The number of hydrogen-bond acceptors (Lipinski definition) is 8. The van der Waals surface area contributed by atoms with E-state index >= 15 is 4.39 Å². The van der Waals surface area contributed by atoms with Crippen molar-refractivity contribution in [2.45, 2.75) is 171 Å². The zero-order valence-corrected chi connectivity index (χ0v) is 35.9. The number of fused-ring (bicyclic) bond motifs is 1. The van der Waals surface area contributed by atoms with Crippen molar-refractivity contribution in [2.24, 2.45) is 0 Å². The number of rotatable bonds is 22. The molecular weight excluding hydrogens is 708 g/mol. The summed E-state index contributed by atoms with van der Waals surface area (Å²) in [5, 5.41) is 12.9. The van der Waals surface area contributed by atoms with Crippen LogP contribution in [-0.2, 0) is 40.3 Å². The van der Waals surface area contributed by atoms with E-state index in [1.165, 1.54) is 16.5 Å². The zero-order valence-electron chi connectivity index (χ0n) is 34.1. The first-order valence-electron chi connectivity index (χ1n) is 20.4. The Kier molecular flexibility index (Phi) is 17.3. The van der Waals surface area contributed by atoms with Crippen molar-refractivity contribution >= 4 is 20.1 Å². The molecule has 0 spiro atoms. The van der Waals surface area contributed by atoms with Gasteiger partial charge in [-0.25, -0.2) is 4.39 Å². The molecule has 2 aliphatic heterocycles. The summed E-state index contributed by atoms with van der Waals surface area (Å²) in [6.07, 6.45) is 4.74. The zero-order chi connectivity index (χ0) is 38.6. The Bertz CT molecular complexity index is 1360. The molecule has 2 aromatic rings. The minimum absolute atomic E-state index is 0.0500. The van der Waals surface area contributed by atoms with Gasteiger partial charge in [-0.15, -0.1) is 11.8 Å². The first kappa shape index (κ1) is 44.4. The van der Waals surface area contributed by atoms with Gasteiger partial charge in [0.25, 0.3) is 0 Å². The highest BCUT2D eigenvalue weighted by atomic mass is 32.2. The van der Waals surface area contributed by atoms with Crippen molar-refractivity contribution < 1.29 is 37.6 Å². The lowest BCUT2D eigenvalue weighted by molar-refractivity contribution is -0.375. The van der Waals surface area contributed by atoms with Gasteiger partial charge in [0.2, 0.25) is 5.79 Å². The summed E-state index contributed by atoms with van der Waals surface area (Å²) in [6.45, 7) is 21.7. The van der Waals surface area contributed by atoms with Crippen LogP contribution in [0.25, 0.3) is 0 Å². The Balaban J connectivity index is 1.83. The van der Waals surface area contributed by atoms with Crippen LogP contribution in [0.4, 0.5) is 4.39 Å². The van der Waals surface area contributed by atoms with Gasteiger partial charge in [0.05, 0.1) is 12.7 Å². The van der Waals surface area contributed by atoms with Crippen LogP contribution in [0.3, 0.4) is 0 Å². The van der Waals surface area contributed by atoms with E-state index in [9.17, 15) is 5.11 Å². The molecule has 2 aromatic carbocycles. The molecular formula is C43H69FO7SSi. The van der Waals surface area contributed by atoms with Gasteiger partial charge in [0.1, 0.15) is 30.2 Å². The number of aliphatic hydroxyl groups is 1. The van der Waals surface area contributed by atoms with Gasteiger partial charge in [0.15, 0.2) is 8.32 Å².